The fourth-order valence-electron chi connectivity index (χ4n) is 3.99. The molecular weight excluding hydrogens is 398 g/mol. The zero-order valence-electron chi connectivity index (χ0n) is 16.6. The normalized spacial score (nSPS) is 16.3. The molecule has 6 heteroatoms. The lowest BCUT2D eigenvalue weighted by atomic mass is 9.96. The van der Waals surface area contributed by atoms with Gasteiger partial charge < -0.3 is 5.11 Å². The van der Waals surface area contributed by atoms with Crippen molar-refractivity contribution in [1.82, 2.24) is 14.8 Å². The van der Waals surface area contributed by atoms with Crippen LogP contribution in [0.5, 0.6) is 0 Å². The van der Waals surface area contributed by atoms with Crippen LogP contribution in [0.25, 0.3) is 0 Å². The second-order valence-electron chi connectivity index (χ2n) is 7.50. The van der Waals surface area contributed by atoms with Gasteiger partial charge >= 0.3 is 5.97 Å². The average Bonchev–Trinajstić information content (AvgIpc) is 2.77. The number of piperazine rings is 1. The summed E-state index contributed by atoms with van der Waals surface area (Å²) < 4.78 is 0. The SMILES string of the molecule is O=C(O)c1cccc(CN2CCN(C(c3ccccc3)c3ccc(Cl)cc3)CC2)n1. The van der Waals surface area contributed by atoms with Crippen LogP contribution in [0.2, 0.25) is 5.02 Å². The van der Waals surface area contributed by atoms with Crippen LogP contribution < -0.4 is 0 Å². The molecule has 1 fully saturated rings. The molecule has 0 amide bonds. The van der Waals surface area contributed by atoms with Crippen molar-refractivity contribution in [3.8, 4) is 0 Å². The maximum Gasteiger partial charge on any atom is 0.354 e. The molecule has 4 rings (SSSR count). The summed E-state index contributed by atoms with van der Waals surface area (Å²) in [6.07, 6.45) is 0. The third-order valence-electron chi connectivity index (χ3n) is 5.48. The minimum atomic E-state index is -0.990. The van der Waals surface area contributed by atoms with Crippen LogP contribution >= 0.6 is 11.6 Å². The first-order valence-electron chi connectivity index (χ1n) is 10.1. The van der Waals surface area contributed by atoms with E-state index < -0.39 is 5.97 Å². The smallest absolute Gasteiger partial charge is 0.354 e. The molecule has 2 aromatic carbocycles. The summed E-state index contributed by atoms with van der Waals surface area (Å²) in [5.41, 5.74) is 3.39. The van der Waals surface area contributed by atoms with Crippen molar-refractivity contribution in [2.75, 3.05) is 26.2 Å². The lowest BCUT2D eigenvalue weighted by Crippen LogP contribution is -2.47. The number of pyridine rings is 1. The molecule has 1 unspecified atom stereocenters. The van der Waals surface area contributed by atoms with Crippen molar-refractivity contribution in [2.45, 2.75) is 12.6 Å². The molecule has 154 valence electrons. The van der Waals surface area contributed by atoms with Crippen LogP contribution in [0, 0.1) is 0 Å². The number of aromatic carboxylic acids is 1. The van der Waals surface area contributed by atoms with Gasteiger partial charge in [0.05, 0.1) is 11.7 Å². The van der Waals surface area contributed by atoms with Crippen molar-refractivity contribution >= 4 is 17.6 Å². The number of hydrogen-bond donors (Lipinski definition) is 1. The number of nitrogens with zero attached hydrogens (tertiary/aromatic N) is 3. The Labute approximate surface area is 181 Å². The number of hydrogen-bond acceptors (Lipinski definition) is 4. The van der Waals surface area contributed by atoms with Crippen LogP contribution in [-0.2, 0) is 6.54 Å². The van der Waals surface area contributed by atoms with Gasteiger partial charge in [0.15, 0.2) is 0 Å². The summed E-state index contributed by atoms with van der Waals surface area (Å²) in [4.78, 5) is 20.2. The van der Waals surface area contributed by atoms with E-state index in [-0.39, 0.29) is 11.7 Å². The molecule has 1 aliphatic heterocycles. The van der Waals surface area contributed by atoms with Crippen LogP contribution in [0.3, 0.4) is 0 Å². The molecular formula is C24H24ClN3O2. The highest BCUT2D eigenvalue weighted by Crippen LogP contribution is 2.30. The maximum atomic E-state index is 11.2. The van der Waals surface area contributed by atoms with E-state index in [1.165, 1.54) is 17.2 Å². The third kappa shape index (κ3) is 4.87. The van der Waals surface area contributed by atoms with Gasteiger partial charge in [0, 0.05) is 37.7 Å². The van der Waals surface area contributed by atoms with Gasteiger partial charge in [0.25, 0.3) is 0 Å². The van der Waals surface area contributed by atoms with Crippen LogP contribution in [0.1, 0.15) is 33.4 Å². The van der Waals surface area contributed by atoms with E-state index in [1.54, 1.807) is 6.07 Å². The van der Waals surface area contributed by atoms with E-state index in [1.807, 2.05) is 24.3 Å². The van der Waals surface area contributed by atoms with E-state index >= 15 is 0 Å². The van der Waals surface area contributed by atoms with E-state index in [2.05, 4.69) is 51.2 Å². The van der Waals surface area contributed by atoms with Gasteiger partial charge in [-0.15, -0.1) is 0 Å². The zero-order chi connectivity index (χ0) is 20.9. The third-order valence-corrected chi connectivity index (χ3v) is 5.74. The highest BCUT2D eigenvalue weighted by molar-refractivity contribution is 6.30. The molecule has 1 N–H and O–H groups in total. The Morgan fingerprint density at radius 3 is 2.23 bits per heavy atom. The Balaban J connectivity index is 1.47. The fraction of sp³-hybridized carbons (Fsp3) is 0.250. The number of rotatable bonds is 6. The zero-order valence-corrected chi connectivity index (χ0v) is 17.4. The lowest BCUT2D eigenvalue weighted by Gasteiger charge is -2.39. The molecule has 30 heavy (non-hydrogen) atoms. The molecule has 1 atom stereocenters. The number of carboxylic acids is 1. The highest BCUT2D eigenvalue weighted by Gasteiger charge is 2.26. The topological polar surface area (TPSA) is 56.7 Å². The molecule has 0 aliphatic carbocycles. The quantitative estimate of drug-likeness (QED) is 0.641. The maximum absolute atomic E-state index is 11.2. The van der Waals surface area contributed by atoms with Crippen LogP contribution in [0.4, 0.5) is 0 Å². The molecule has 0 radical (unpaired) electrons. The van der Waals surface area contributed by atoms with Crippen LogP contribution in [-0.4, -0.2) is 52.0 Å². The highest BCUT2D eigenvalue weighted by atomic mass is 35.5. The summed E-state index contributed by atoms with van der Waals surface area (Å²) in [5, 5.41) is 9.90. The average molecular weight is 422 g/mol. The van der Waals surface area contributed by atoms with Gasteiger partial charge in [-0.05, 0) is 35.4 Å². The summed E-state index contributed by atoms with van der Waals surface area (Å²) in [7, 11) is 0. The van der Waals surface area contributed by atoms with Crippen LogP contribution in [0.15, 0.2) is 72.8 Å². The summed E-state index contributed by atoms with van der Waals surface area (Å²) in [6, 6.07) is 24.0. The Bertz CT molecular complexity index is 987. The first-order chi connectivity index (χ1) is 14.6. The van der Waals surface area contributed by atoms with E-state index in [9.17, 15) is 4.79 Å². The molecule has 3 aromatic rings. The van der Waals surface area contributed by atoms with Crippen molar-refractivity contribution in [3.63, 3.8) is 0 Å². The number of carbonyl (C=O) groups is 1. The minimum Gasteiger partial charge on any atom is -0.477 e. The standard InChI is InChI=1S/C24H24ClN3O2/c25-20-11-9-19(10-12-20)23(18-5-2-1-3-6-18)28-15-13-27(14-16-28)17-21-7-4-8-22(26-21)24(29)30/h1-12,23H,13-17H2,(H,29,30). The summed E-state index contributed by atoms with van der Waals surface area (Å²) in [5.74, 6) is -0.990. The molecule has 1 aromatic heterocycles. The Morgan fingerprint density at radius 2 is 1.57 bits per heavy atom. The van der Waals surface area contributed by atoms with E-state index in [0.717, 1.165) is 36.9 Å². The van der Waals surface area contributed by atoms with E-state index in [0.29, 0.717) is 6.54 Å². The van der Waals surface area contributed by atoms with Gasteiger partial charge in [0.2, 0.25) is 0 Å². The second-order valence-corrected chi connectivity index (χ2v) is 7.93. The molecule has 0 spiro atoms. The van der Waals surface area contributed by atoms with Gasteiger partial charge in [0.1, 0.15) is 5.69 Å². The van der Waals surface area contributed by atoms with E-state index in [4.69, 9.17) is 16.7 Å². The Morgan fingerprint density at radius 1 is 0.900 bits per heavy atom. The predicted octanol–water partition coefficient (Wildman–Crippen LogP) is 4.34. The lowest BCUT2D eigenvalue weighted by molar-refractivity contribution is 0.0689. The van der Waals surface area contributed by atoms with Crippen molar-refractivity contribution in [1.29, 1.82) is 0 Å². The Hall–Kier alpha value is -2.73. The van der Waals surface area contributed by atoms with Gasteiger partial charge in [-0.1, -0.05) is 60.1 Å². The van der Waals surface area contributed by atoms with Crippen molar-refractivity contribution < 1.29 is 9.90 Å². The summed E-state index contributed by atoms with van der Waals surface area (Å²) >= 11 is 6.11. The number of halogens is 1. The monoisotopic (exact) mass is 421 g/mol. The predicted molar refractivity (Wildman–Crippen MR) is 118 cm³/mol. The molecule has 0 bridgehead atoms. The molecule has 1 saturated heterocycles. The first kappa shape index (κ1) is 20.5. The minimum absolute atomic E-state index is 0.0954. The molecule has 0 saturated carbocycles. The molecule has 2 heterocycles. The number of carboxylic acid groups (broad SMARTS) is 1. The second kappa shape index (κ2) is 9.39. The number of benzene rings is 2. The first-order valence-corrected chi connectivity index (χ1v) is 10.4. The van der Waals surface area contributed by atoms with Crippen molar-refractivity contribution in [2.24, 2.45) is 0 Å². The molecule has 1 aliphatic rings. The Kier molecular flexibility index (Phi) is 6.43. The largest absolute Gasteiger partial charge is 0.477 e. The van der Waals surface area contributed by atoms with Crippen molar-refractivity contribution in [3.05, 3.63) is 100 Å². The molecule has 5 nitrogen and oxygen atoms in total. The van der Waals surface area contributed by atoms with Gasteiger partial charge in [-0.25, -0.2) is 9.78 Å². The van der Waals surface area contributed by atoms with Gasteiger partial charge in [-0.3, -0.25) is 9.80 Å². The summed E-state index contributed by atoms with van der Waals surface area (Å²) in [6.45, 7) is 4.29. The number of aromatic nitrogens is 1. The van der Waals surface area contributed by atoms with Gasteiger partial charge in [-0.2, -0.15) is 0 Å². The fourth-order valence-corrected chi connectivity index (χ4v) is 4.12.